The molecular weight excluding hydrogens is 367 g/mol. The van der Waals surface area contributed by atoms with Crippen LogP contribution in [0.2, 0.25) is 0 Å². The molecule has 2 aromatic rings. The normalized spacial score (nSPS) is 12.3. The van der Waals surface area contributed by atoms with Crippen LogP contribution in [0.15, 0.2) is 42.3 Å². The van der Waals surface area contributed by atoms with E-state index in [2.05, 4.69) is 21.5 Å². The number of nitrogens with one attached hydrogen (secondary N) is 1. The van der Waals surface area contributed by atoms with Crippen molar-refractivity contribution < 1.29 is 14.0 Å². The van der Waals surface area contributed by atoms with Crippen LogP contribution >= 0.6 is 11.5 Å². The lowest BCUT2D eigenvalue weighted by molar-refractivity contribution is -0.127. The molecule has 2 amide bonds. The highest BCUT2D eigenvalue weighted by Crippen LogP contribution is 2.25. The summed E-state index contributed by atoms with van der Waals surface area (Å²) in [6.07, 6.45) is 2.24. The third-order valence-corrected chi connectivity index (χ3v) is 4.76. The van der Waals surface area contributed by atoms with E-state index in [4.69, 9.17) is 0 Å². The van der Waals surface area contributed by atoms with E-state index in [1.54, 1.807) is 0 Å². The third kappa shape index (κ3) is 5.19. The summed E-state index contributed by atoms with van der Waals surface area (Å²) in [5.74, 6) is -1.22. The first kappa shape index (κ1) is 20.7. The van der Waals surface area contributed by atoms with Gasteiger partial charge in [0.25, 0.3) is 5.91 Å². The second-order valence-corrected chi connectivity index (χ2v) is 7.33. The highest BCUT2D eigenvalue weighted by atomic mass is 32.1. The topological polar surface area (TPSA) is 75.2 Å². The first-order valence-corrected chi connectivity index (χ1v) is 9.39. The van der Waals surface area contributed by atoms with Crippen LogP contribution < -0.4 is 5.32 Å². The Hall–Kier alpha value is -2.61. The fraction of sp³-hybridized carbons (Fsp3) is 0.368. The molecule has 1 N–H and O–H groups in total. The van der Waals surface area contributed by atoms with Crippen molar-refractivity contribution in [3.63, 3.8) is 0 Å². The summed E-state index contributed by atoms with van der Waals surface area (Å²) in [5.41, 5.74) is 0.191. The van der Waals surface area contributed by atoms with E-state index in [0.717, 1.165) is 11.5 Å². The Bertz CT molecular complexity index is 791. The number of hydrogen-bond acceptors (Lipinski definition) is 5. The van der Waals surface area contributed by atoms with Gasteiger partial charge in [0.1, 0.15) is 11.9 Å². The fourth-order valence-corrected chi connectivity index (χ4v) is 2.89. The Kier molecular flexibility index (Phi) is 6.79. The summed E-state index contributed by atoms with van der Waals surface area (Å²) in [6.45, 7) is 9.57. The summed E-state index contributed by atoms with van der Waals surface area (Å²) >= 11 is 1.05. The number of carbonyl (C=O) groups is 2. The zero-order valence-corrected chi connectivity index (χ0v) is 16.4. The van der Waals surface area contributed by atoms with Crippen molar-refractivity contribution >= 4 is 23.3 Å². The van der Waals surface area contributed by atoms with Gasteiger partial charge in [-0.15, -0.1) is 11.7 Å². The zero-order chi connectivity index (χ0) is 20.0. The van der Waals surface area contributed by atoms with Crippen LogP contribution in [0.1, 0.15) is 49.3 Å². The molecule has 1 aromatic heterocycles. The molecule has 1 atom stereocenters. The Balaban J connectivity index is 2.47. The van der Waals surface area contributed by atoms with E-state index in [1.807, 2.05) is 20.8 Å². The van der Waals surface area contributed by atoms with Crippen LogP contribution in [0.5, 0.6) is 0 Å². The van der Waals surface area contributed by atoms with Crippen LogP contribution in [0.25, 0.3) is 0 Å². The molecule has 0 aliphatic heterocycles. The molecule has 0 aliphatic carbocycles. The smallest absolute Gasteiger partial charge is 0.276 e. The first-order chi connectivity index (χ1) is 12.8. The first-order valence-electron chi connectivity index (χ1n) is 8.55. The van der Waals surface area contributed by atoms with Crippen molar-refractivity contribution in [2.45, 2.75) is 38.8 Å². The largest absolute Gasteiger partial charge is 0.349 e. The van der Waals surface area contributed by atoms with Gasteiger partial charge in [-0.2, -0.15) is 0 Å². The quantitative estimate of drug-likeness (QED) is 0.702. The number of carbonyl (C=O) groups excluding carboxylic acids is 2. The standard InChI is InChI=1S/C19H23FN4O2S/c1-5-11-24(18(26)15-12-27-23-22-15)16(13-7-9-14(20)10-8-13)17(25)21-19(3,4)6-2/h5,7-10,12,16H,1,6,11H2,2-4H3,(H,21,25)/t16-/m1/s1. The molecule has 6 nitrogen and oxygen atoms in total. The molecule has 144 valence electrons. The number of rotatable bonds is 8. The Morgan fingerprint density at radius 1 is 1.37 bits per heavy atom. The summed E-state index contributed by atoms with van der Waals surface area (Å²) in [5, 5.41) is 8.30. The highest BCUT2D eigenvalue weighted by Gasteiger charge is 2.34. The van der Waals surface area contributed by atoms with Gasteiger partial charge >= 0.3 is 0 Å². The number of benzene rings is 1. The summed E-state index contributed by atoms with van der Waals surface area (Å²) in [6, 6.07) is 4.58. The lowest BCUT2D eigenvalue weighted by Gasteiger charge is -2.33. The molecule has 0 aliphatic rings. The zero-order valence-electron chi connectivity index (χ0n) is 15.6. The SMILES string of the molecule is C=CCN(C(=O)c1csnn1)[C@@H](C(=O)NC(C)(C)CC)c1ccc(F)cc1. The predicted molar refractivity (Wildman–Crippen MR) is 103 cm³/mol. The molecule has 27 heavy (non-hydrogen) atoms. The molecule has 2 rings (SSSR count). The van der Waals surface area contributed by atoms with Crippen LogP contribution in [-0.4, -0.2) is 38.4 Å². The second kappa shape index (κ2) is 8.85. The van der Waals surface area contributed by atoms with Crippen molar-refractivity contribution in [2.75, 3.05) is 6.54 Å². The van der Waals surface area contributed by atoms with E-state index in [9.17, 15) is 14.0 Å². The molecule has 0 spiro atoms. The third-order valence-electron chi connectivity index (χ3n) is 4.26. The summed E-state index contributed by atoms with van der Waals surface area (Å²) < 4.78 is 17.1. The number of hydrogen-bond donors (Lipinski definition) is 1. The van der Waals surface area contributed by atoms with Crippen molar-refractivity contribution in [3.8, 4) is 0 Å². The van der Waals surface area contributed by atoms with Crippen molar-refractivity contribution in [3.05, 3.63) is 59.4 Å². The number of nitrogens with zero attached hydrogens (tertiary/aromatic N) is 3. The highest BCUT2D eigenvalue weighted by molar-refractivity contribution is 7.03. The molecule has 0 bridgehead atoms. The lowest BCUT2D eigenvalue weighted by atomic mass is 9.98. The number of amides is 2. The van der Waals surface area contributed by atoms with Crippen LogP contribution in [0.4, 0.5) is 4.39 Å². The Morgan fingerprint density at radius 2 is 2.04 bits per heavy atom. The second-order valence-electron chi connectivity index (χ2n) is 6.72. The lowest BCUT2D eigenvalue weighted by Crippen LogP contribution is -2.50. The van der Waals surface area contributed by atoms with Gasteiger partial charge < -0.3 is 10.2 Å². The molecule has 1 heterocycles. The number of aromatic nitrogens is 2. The Labute approximate surface area is 162 Å². The van der Waals surface area contributed by atoms with Crippen molar-refractivity contribution in [1.29, 1.82) is 0 Å². The van der Waals surface area contributed by atoms with Gasteiger partial charge in [-0.05, 0) is 49.5 Å². The van der Waals surface area contributed by atoms with E-state index in [0.29, 0.717) is 12.0 Å². The molecule has 0 saturated heterocycles. The van der Waals surface area contributed by atoms with Gasteiger partial charge in [0, 0.05) is 17.5 Å². The summed E-state index contributed by atoms with van der Waals surface area (Å²) in [7, 11) is 0. The molecule has 0 fully saturated rings. The van der Waals surface area contributed by atoms with E-state index < -0.39 is 23.3 Å². The monoisotopic (exact) mass is 390 g/mol. The molecule has 0 saturated carbocycles. The van der Waals surface area contributed by atoms with Crippen LogP contribution in [0, 0.1) is 5.82 Å². The van der Waals surface area contributed by atoms with Gasteiger partial charge in [0.2, 0.25) is 5.91 Å². The average Bonchev–Trinajstić information content (AvgIpc) is 3.16. The van der Waals surface area contributed by atoms with Crippen molar-refractivity contribution in [2.24, 2.45) is 0 Å². The maximum atomic E-state index is 13.4. The average molecular weight is 390 g/mol. The predicted octanol–water partition coefficient (Wildman–Crippen LogP) is 3.35. The van der Waals surface area contributed by atoms with Gasteiger partial charge in [0.15, 0.2) is 5.69 Å². The fourth-order valence-electron chi connectivity index (χ4n) is 2.46. The minimum Gasteiger partial charge on any atom is -0.349 e. The van der Waals surface area contributed by atoms with Gasteiger partial charge in [-0.1, -0.05) is 29.6 Å². The Morgan fingerprint density at radius 3 is 2.56 bits per heavy atom. The van der Waals surface area contributed by atoms with Gasteiger partial charge in [0.05, 0.1) is 0 Å². The van der Waals surface area contributed by atoms with Gasteiger partial charge in [-0.25, -0.2) is 4.39 Å². The molecule has 8 heteroatoms. The number of halogens is 1. The molecule has 1 aromatic carbocycles. The van der Waals surface area contributed by atoms with Crippen LogP contribution in [0.3, 0.4) is 0 Å². The maximum Gasteiger partial charge on any atom is 0.276 e. The van der Waals surface area contributed by atoms with Crippen molar-refractivity contribution in [1.82, 2.24) is 19.8 Å². The van der Waals surface area contributed by atoms with E-state index >= 15 is 0 Å². The van der Waals surface area contributed by atoms with Gasteiger partial charge in [-0.3, -0.25) is 9.59 Å². The van der Waals surface area contributed by atoms with Crippen LogP contribution in [-0.2, 0) is 4.79 Å². The van der Waals surface area contributed by atoms with E-state index in [-0.39, 0.29) is 18.1 Å². The molecule has 0 radical (unpaired) electrons. The minimum atomic E-state index is -0.955. The minimum absolute atomic E-state index is 0.123. The molecular formula is C19H23FN4O2S. The summed E-state index contributed by atoms with van der Waals surface area (Å²) in [4.78, 5) is 27.4. The van der Waals surface area contributed by atoms with E-state index in [1.165, 1.54) is 40.6 Å². The maximum absolute atomic E-state index is 13.4. The molecule has 0 unspecified atom stereocenters.